The van der Waals surface area contributed by atoms with Gasteiger partial charge in [-0.25, -0.2) is 9.79 Å². The zero-order valence-electron chi connectivity index (χ0n) is 5.22. The van der Waals surface area contributed by atoms with Gasteiger partial charge in [-0.1, -0.05) is 22.6 Å². The molecule has 10 heavy (non-hydrogen) atoms. The molecule has 0 saturated heterocycles. The van der Waals surface area contributed by atoms with Crippen LogP contribution in [-0.4, -0.2) is 21.6 Å². The maximum absolute atomic E-state index is 10.9. The lowest BCUT2D eigenvalue weighted by atomic mass is 10.2. The molecule has 0 radical (unpaired) electrons. The Morgan fingerprint density at radius 2 is 2.30 bits per heavy atom. The third-order valence-electron chi connectivity index (χ3n) is 1.09. The zero-order valence-corrected chi connectivity index (χ0v) is 7.38. The summed E-state index contributed by atoms with van der Waals surface area (Å²) in [5.41, 5.74) is 0. The number of alkyl halides is 1. The van der Waals surface area contributed by atoms with E-state index in [0.29, 0.717) is 0 Å². The first-order valence-electron chi connectivity index (χ1n) is 2.62. The lowest BCUT2D eigenvalue weighted by Crippen LogP contribution is -2.46. The fourth-order valence-electron chi connectivity index (χ4n) is 0.490. The van der Waals surface area contributed by atoms with Crippen molar-refractivity contribution < 1.29 is 9.59 Å². The van der Waals surface area contributed by atoms with Crippen LogP contribution in [-0.2, 0) is 4.79 Å². The number of aliphatic imine (C=N–C) groups is 1. The molecule has 1 heterocycles. The number of amides is 3. The Kier molecular flexibility index (Phi) is 1.76. The van der Waals surface area contributed by atoms with Crippen molar-refractivity contribution in [2.75, 3.05) is 0 Å². The highest BCUT2D eigenvalue weighted by Crippen LogP contribution is 2.17. The maximum Gasteiger partial charge on any atom is 0.347 e. The van der Waals surface area contributed by atoms with E-state index in [1.165, 1.54) is 6.21 Å². The number of imide groups is 1. The van der Waals surface area contributed by atoms with Crippen LogP contribution in [0.4, 0.5) is 4.79 Å². The second-order valence-corrected chi connectivity index (χ2v) is 4.33. The largest absolute Gasteiger partial charge is 0.347 e. The minimum absolute atomic E-state index is 0.312. The highest BCUT2D eigenvalue weighted by Gasteiger charge is 2.32. The molecule has 0 bridgehead atoms. The molecule has 4 nitrogen and oxygen atoms in total. The average molecular weight is 252 g/mol. The van der Waals surface area contributed by atoms with Crippen molar-refractivity contribution in [3.8, 4) is 0 Å². The lowest BCUT2D eigenvalue weighted by molar-refractivity contribution is -0.120. The van der Waals surface area contributed by atoms with Crippen LogP contribution in [0.2, 0.25) is 0 Å². The summed E-state index contributed by atoms with van der Waals surface area (Å²) in [4.78, 5) is 24.8. The molecule has 1 aliphatic rings. The summed E-state index contributed by atoms with van der Waals surface area (Å²) >= 11 is 1.91. The molecule has 0 aromatic carbocycles. The Morgan fingerprint density at radius 3 is 2.70 bits per heavy atom. The van der Waals surface area contributed by atoms with E-state index in [0.717, 1.165) is 0 Å². The third kappa shape index (κ3) is 1.34. The van der Waals surface area contributed by atoms with Gasteiger partial charge in [0.15, 0.2) is 0 Å². The molecule has 54 valence electrons. The van der Waals surface area contributed by atoms with Crippen molar-refractivity contribution in [3.05, 3.63) is 0 Å². The Hall–Kier alpha value is -0.460. The Bertz CT molecular complexity index is 222. The van der Waals surface area contributed by atoms with E-state index in [-0.39, 0.29) is 5.91 Å². The minimum atomic E-state index is -0.675. The number of nitrogens with one attached hydrogen (secondary N) is 1. The zero-order chi connectivity index (χ0) is 7.78. The summed E-state index contributed by atoms with van der Waals surface area (Å²) in [5.74, 6) is -0.312. The Labute approximate surface area is 71.2 Å². The smallest absolute Gasteiger partial charge is 0.275 e. The van der Waals surface area contributed by atoms with Crippen LogP contribution in [0.1, 0.15) is 6.92 Å². The average Bonchev–Trinajstić information content (AvgIpc) is 1.81. The van der Waals surface area contributed by atoms with Crippen LogP contribution in [0.15, 0.2) is 4.99 Å². The highest BCUT2D eigenvalue weighted by atomic mass is 127. The van der Waals surface area contributed by atoms with Gasteiger partial charge in [-0.3, -0.25) is 10.1 Å². The number of hydrogen-bond donors (Lipinski definition) is 1. The number of rotatable bonds is 0. The van der Waals surface area contributed by atoms with E-state index in [4.69, 9.17) is 0 Å². The van der Waals surface area contributed by atoms with Gasteiger partial charge in [0.2, 0.25) is 5.91 Å². The van der Waals surface area contributed by atoms with Crippen LogP contribution in [0.5, 0.6) is 0 Å². The molecule has 1 unspecified atom stereocenters. The molecule has 0 fully saturated rings. The summed E-state index contributed by atoms with van der Waals surface area (Å²) in [6.07, 6.45) is 1.34. The first-order valence-corrected chi connectivity index (χ1v) is 3.70. The van der Waals surface area contributed by atoms with Crippen molar-refractivity contribution >= 4 is 40.7 Å². The summed E-state index contributed by atoms with van der Waals surface area (Å²) in [7, 11) is 0. The van der Waals surface area contributed by atoms with Gasteiger partial charge in [0.05, 0.1) is 0 Å². The molecule has 0 aromatic rings. The number of halogens is 1. The molecule has 0 aromatic heterocycles. The minimum Gasteiger partial charge on any atom is -0.275 e. The lowest BCUT2D eigenvalue weighted by Gasteiger charge is -2.18. The second-order valence-electron chi connectivity index (χ2n) is 2.09. The summed E-state index contributed by atoms with van der Waals surface area (Å²) < 4.78 is -0.675. The van der Waals surface area contributed by atoms with Crippen molar-refractivity contribution in [2.24, 2.45) is 4.99 Å². The Balaban J connectivity index is 2.93. The molecule has 3 amide bonds. The third-order valence-corrected chi connectivity index (χ3v) is 1.86. The summed E-state index contributed by atoms with van der Waals surface area (Å²) in [6, 6.07) is -0.584. The number of urea groups is 1. The van der Waals surface area contributed by atoms with Crippen LogP contribution in [0.25, 0.3) is 0 Å². The molecule has 1 N–H and O–H groups in total. The molecular weight excluding hydrogens is 247 g/mol. The fraction of sp³-hybridized carbons (Fsp3) is 0.400. The van der Waals surface area contributed by atoms with Gasteiger partial charge >= 0.3 is 6.03 Å². The number of hydrogen-bond acceptors (Lipinski definition) is 2. The van der Waals surface area contributed by atoms with E-state index in [2.05, 4.69) is 10.3 Å². The van der Waals surface area contributed by atoms with E-state index < -0.39 is 9.45 Å². The van der Waals surface area contributed by atoms with Gasteiger partial charge in [-0.05, 0) is 6.92 Å². The van der Waals surface area contributed by atoms with Crippen molar-refractivity contribution in [3.63, 3.8) is 0 Å². The van der Waals surface area contributed by atoms with Crippen molar-refractivity contribution in [1.82, 2.24) is 5.32 Å². The van der Waals surface area contributed by atoms with Crippen LogP contribution in [0.3, 0.4) is 0 Å². The molecule has 0 spiro atoms. The summed E-state index contributed by atoms with van der Waals surface area (Å²) in [5, 5.41) is 2.09. The summed E-state index contributed by atoms with van der Waals surface area (Å²) in [6.45, 7) is 1.68. The van der Waals surface area contributed by atoms with Gasteiger partial charge in [0.25, 0.3) is 0 Å². The van der Waals surface area contributed by atoms with E-state index in [9.17, 15) is 9.59 Å². The highest BCUT2D eigenvalue weighted by molar-refractivity contribution is 14.1. The molecular formula is C5H5IN2O2. The molecule has 0 saturated carbocycles. The predicted octanol–water partition coefficient (Wildman–Crippen LogP) is 0.501. The SMILES string of the molecule is CC1(I)C=NC(=O)NC1=O. The normalized spacial score (nSPS) is 32.2. The predicted molar refractivity (Wildman–Crippen MR) is 44.5 cm³/mol. The number of carbonyl (C=O) groups is 2. The van der Waals surface area contributed by atoms with Gasteiger partial charge in [0, 0.05) is 6.21 Å². The Morgan fingerprint density at radius 1 is 1.70 bits per heavy atom. The van der Waals surface area contributed by atoms with E-state index in [1.807, 2.05) is 22.6 Å². The van der Waals surface area contributed by atoms with Crippen LogP contribution >= 0.6 is 22.6 Å². The van der Waals surface area contributed by atoms with Gasteiger partial charge < -0.3 is 0 Å². The molecule has 1 rings (SSSR count). The first-order chi connectivity index (χ1) is 4.52. The maximum atomic E-state index is 10.9. The topological polar surface area (TPSA) is 58.5 Å². The molecule has 0 aliphatic carbocycles. The second kappa shape index (κ2) is 2.30. The fourth-order valence-corrected chi connectivity index (χ4v) is 0.764. The first kappa shape index (κ1) is 7.64. The van der Waals surface area contributed by atoms with Gasteiger partial charge in [-0.15, -0.1) is 0 Å². The van der Waals surface area contributed by atoms with E-state index >= 15 is 0 Å². The van der Waals surface area contributed by atoms with E-state index in [1.54, 1.807) is 6.92 Å². The monoisotopic (exact) mass is 252 g/mol. The molecule has 1 atom stereocenters. The number of carbonyl (C=O) groups excluding carboxylic acids is 2. The molecule has 5 heteroatoms. The quantitative estimate of drug-likeness (QED) is 0.504. The van der Waals surface area contributed by atoms with Crippen LogP contribution in [0, 0.1) is 0 Å². The standard InChI is InChI=1S/C5H5IN2O2/c1-5(6)2-7-4(10)8-3(5)9/h2H,1H3,(H,8,9,10). The van der Waals surface area contributed by atoms with Gasteiger partial charge in [0.1, 0.15) is 3.42 Å². The molecule has 1 aliphatic heterocycles. The number of nitrogens with zero attached hydrogens (tertiary/aromatic N) is 1. The van der Waals surface area contributed by atoms with Crippen molar-refractivity contribution in [2.45, 2.75) is 10.3 Å². The van der Waals surface area contributed by atoms with Crippen molar-refractivity contribution in [1.29, 1.82) is 0 Å². The van der Waals surface area contributed by atoms with Gasteiger partial charge in [-0.2, -0.15) is 0 Å². The van der Waals surface area contributed by atoms with Crippen LogP contribution < -0.4 is 5.32 Å².